The third-order valence-electron chi connectivity index (χ3n) is 4.11. The molecule has 0 saturated heterocycles. The lowest BCUT2D eigenvalue weighted by Gasteiger charge is -2.04. The van der Waals surface area contributed by atoms with Crippen LogP contribution < -0.4 is 10.1 Å². The molecule has 5 nitrogen and oxygen atoms in total. The minimum atomic E-state index is -0.202. The number of aromatic nitrogens is 2. The number of methoxy groups -OCH3 is 1. The zero-order chi connectivity index (χ0) is 19.0. The van der Waals surface area contributed by atoms with Crippen LogP contribution in [0.1, 0.15) is 20.9 Å². The Morgan fingerprint density at radius 2 is 1.96 bits per heavy atom. The molecule has 0 bridgehead atoms. The van der Waals surface area contributed by atoms with Gasteiger partial charge in [0.1, 0.15) is 11.3 Å². The second kappa shape index (κ2) is 7.09. The highest BCUT2D eigenvalue weighted by Crippen LogP contribution is 2.41. The summed E-state index contributed by atoms with van der Waals surface area (Å²) in [5, 5.41) is 3.44. The molecular formula is C20H17N3O2S2. The minimum absolute atomic E-state index is 0.202. The van der Waals surface area contributed by atoms with Crippen LogP contribution in [0.3, 0.4) is 0 Å². The zero-order valence-corrected chi connectivity index (χ0v) is 16.7. The highest BCUT2D eigenvalue weighted by atomic mass is 32.1. The van der Waals surface area contributed by atoms with E-state index in [9.17, 15) is 4.79 Å². The first-order valence-electron chi connectivity index (χ1n) is 8.33. The molecule has 4 aromatic rings. The fourth-order valence-corrected chi connectivity index (χ4v) is 4.80. The maximum absolute atomic E-state index is 12.6. The maximum Gasteiger partial charge on any atom is 0.257 e. The van der Waals surface area contributed by atoms with Crippen molar-refractivity contribution < 1.29 is 9.53 Å². The number of nitrogens with zero attached hydrogens (tertiary/aromatic N) is 2. The Morgan fingerprint density at radius 3 is 2.67 bits per heavy atom. The quantitative estimate of drug-likeness (QED) is 0.509. The number of hydrogen-bond donors (Lipinski definition) is 1. The first-order valence-corrected chi connectivity index (χ1v) is 9.97. The number of aryl methyl sites for hydroxylation is 2. The highest BCUT2D eigenvalue weighted by Gasteiger charge is 2.17. The Bertz CT molecular complexity index is 1150. The molecule has 136 valence electrons. The zero-order valence-electron chi connectivity index (χ0n) is 15.1. The Balaban J connectivity index is 1.75. The number of ether oxygens (including phenoxy) is 1. The van der Waals surface area contributed by atoms with Crippen LogP contribution in [-0.2, 0) is 0 Å². The lowest BCUT2D eigenvalue weighted by atomic mass is 10.1. The van der Waals surface area contributed by atoms with E-state index in [1.54, 1.807) is 36.8 Å². The molecule has 4 rings (SSSR count). The molecular weight excluding hydrogens is 378 g/mol. The summed E-state index contributed by atoms with van der Waals surface area (Å²) in [7, 11) is 1.63. The van der Waals surface area contributed by atoms with Crippen molar-refractivity contribution >= 4 is 43.9 Å². The van der Waals surface area contributed by atoms with Crippen molar-refractivity contribution in [2.75, 3.05) is 12.4 Å². The molecule has 1 aromatic carbocycles. The van der Waals surface area contributed by atoms with E-state index in [1.807, 2.05) is 19.1 Å². The Labute approximate surface area is 164 Å². The third kappa shape index (κ3) is 3.43. The number of benzene rings is 1. The van der Waals surface area contributed by atoms with E-state index in [1.165, 1.54) is 21.1 Å². The molecule has 1 N–H and O–H groups in total. The number of fused-ring (bicyclic) bond motifs is 1. The normalized spacial score (nSPS) is 10.9. The van der Waals surface area contributed by atoms with Gasteiger partial charge in [-0.2, -0.15) is 0 Å². The van der Waals surface area contributed by atoms with Gasteiger partial charge in [0.15, 0.2) is 5.13 Å². The van der Waals surface area contributed by atoms with Crippen LogP contribution in [0.4, 0.5) is 5.13 Å². The lowest BCUT2D eigenvalue weighted by Crippen LogP contribution is -2.11. The molecule has 1 amide bonds. The fraction of sp³-hybridized carbons (Fsp3) is 0.150. The van der Waals surface area contributed by atoms with E-state index in [2.05, 4.69) is 34.3 Å². The van der Waals surface area contributed by atoms with Gasteiger partial charge in [0, 0.05) is 32.8 Å². The highest BCUT2D eigenvalue weighted by molar-refractivity contribution is 7.23. The van der Waals surface area contributed by atoms with E-state index < -0.39 is 0 Å². The number of pyridine rings is 1. The molecule has 0 spiro atoms. The number of nitrogens with one attached hydrogen (secondary N) is 1. The van der Waals surface area contributed by atoms with Crippen LogP contribution in [0.2, 0.25) is 0 Å². The second-order valence-corrected chi connectivity index (χ2v) is 8.35. The van der Waals surface area contributed by atoms with Gasteiger partial charge in [-0.3, -0.25) is 15.1 Å². The molecule has 0 atom stereocenters. The van der Waals surface area contributed by atoms with Gasteiger partial charge < -0.3 is 4.74 Å². The molecule has 0 saturated carbocycles. The Morgan fingerprint density at radius 1 is 1.11 bits per heavy atom. The van der Waals surface area contributed by atoms with Crippen LogP contribution >= 0.6 is 22.7 Å². The lowest BCUT2D eigenvalue weighted by molar-refractivity contribution is 0.102. The average molecular weight is 396 g/mol. The number of carbonyl (C=O) groups is 1. The second-order valence-electron chi connectivity index (χ2n) is 6.06. The average Bonchev–Trinajstić information content (AvgIpc) is 3.27. The number of thiophene rings is 1. The number of amides is 1. The molecule has 3 heterocycles. The monoisotopic (exact) mass is 395 g/mol. The number of anilines is 1. The van der Waals surface area contributed by atoms with Crippen molar-refractivity contribution in [1.82, 2.24) is 9.97 Å². The molecule has 7 heteroatoms. The van der Waals surface area contributed by atoms with Crippen LogP contribution in [0.5, 0.6) is 5.75 Å². The van der Waals surface area contributed by atoms with Gasteiger partial charge >= 0.3 is 0 Å². The molecule has 0 radical (unpaired) electrons. The van der Waals surface area contributed by atoms with Gasteiger partial charge in [0.2, 0.25) is 0 Å². The van der Waals surface area contributed by atoms with Gasteiger partial charge in [-0.25, -0.2) is 4.98 Å². The largest absolute Gasteiger partial charge is 0.494 e. The fourth-order valence-electron chi connectivity index (χ4n) is 2.83. The number of hydrogen-bond acceptors (Lipinski definition) is 6. The summed E-state index contributed by atoms with van der Waals surface area (Å²) in [6.07, 6.45) is 1.63. The number of rotatable bonds is 4. The van der Waals surface area contributed by atoms with E-state index in [4.69, 9.17) is 4.74 Å². The Hall–Kier alpha value is -2.77. The summed E-state index contributed by atoms with van der Waals surface area (Å²) < 4.78 is 6.47. The van der Waals surface area contributed by atoms with Gasteiger partial charge in [0.25, 0.3) is 5.91 Å². The molecule has 0 aliphatic heterocycles. The van der Waals surface area contributed by atoms with Gasteiger partial charge in [0.05, 0.1) is 11.8 Å². The van der Waals surface area contributed by atoms with Crippen LogP contribution in [0.25, 0.3) is 20.7 Å². The van der Waals surface area contributed by atoms with E-state index in [-0.39, 0.29) is 5.91 Å². The van der Waals surface area contributed by atoms with E-state index >= 15 is 0 Å². The molecule has 27 heavy (non-hydrogen) atoms. The van der Waals surface area contributed by atoms with Crippen molar-refractivity contribution in [3.8, 4) is 16.2 Å². The first kappa shape index (κ1) is 17.6. The summed E-state index contributed by atoms with van der Waals surface area (Å²) in [6, 6.07) is 11.6. The van der Waals surface area contributed by atoms with Crippen molar-refractivity contribution in [3.05, 3.63) is 58.7 Å². The van der Waals surface area contributed by atoms with Gasteiger partial charge in [-0.05, 0) is 50.2 Å². The molecule has 3 aromatic heterocycles. The summed E-state index contributed by atoms with van der Waals surface area (Å²) >= 11 is 3.19. The Kier molecular flexibility index (Phi) is 4.63. The topological polar surface area (TPSA) is 64.1 Å². The first-order chi connectivity index (χ1) is 13.0. The number of carbonyl (C=O) groups excluding carboxylic acids is 1. The smallest absolute Gasteiger partial charge is 0.257 e. The summed E-state index contributed by atoms with van der Waals surface area (Å²) in [6.45, 7) is 3.94. The van der Waals surface area contributed by atoms with E-state index in [0.717, 1.165) is 21.5 Å². The third-order valence-corrected chi connectivity index (χ3v) is 6.15. The standard InChI is InChI=1S/C20H17N3O2S2/c1-11-10-13(8-9-21-11)19(24)23-20-22-17-15(25-3)6-5-14(18(17)27-20)16-7-4-12(2)26-16/h4-10H,1-3H3,(H,22,23,24). The van der Waals surface area contributed by atoms with Crippen LogP contribution in [0.15, 0.2) is 42.6 Å². The van der Waals surface area contributed by atoms with E-state index in [0.29, 0.717) is 16.4 Å². The van der Waals surface area contributed by atoms with Crippen LogP contribution in [-0.4, -0.2) is 23.0 Å². The van der Waals surface area contributed by atoms with Crippen molar-refractivity contribution in [2.24, 2.45) is 0 Å². The van der Waals surface area contributed by atoms with Gasteiger partial charge in [-0.1, -0.05) is 11.3 Å². The summed E-state index contributed by atoms with van der Waals surface area (Å²) in [4.78, 5) is 23.7. The molecule has 0 fully saturated rings. The molecule has 0 unspecified atom stereocenters. The van der Waals surface area contributed by atoms with Crippen LogP contribution in [0, 0.1) is 13.8 Å². The predicted octanol–water partition coefficient (Wildman–Crippen LogP) is 5.30. The molecule has 0 aliphatic rings. The van der Waals surface area contributed by atoms with Crippen molar-refractivity contribution in [3.63, 3.8) is 0 Å². The number of thiazole rings is 1. The van der Waals surface area contributed by atoms with Gasteiger partial charge in [-0.15, -0.1) is 11.3 Å². The predicted molar refractivity (Wildman–Crippen MR) is 111 cm³/mol. The van der Waals surface area contributed by atoms with Crippen molar-refractivity contribution in [1.29, 1.82) is 0 Å². The maximum atomic E-state index is 12.6. The SMILES string of the molecule is COc1ccc(-c2ccc(C)s2)c2sc(NC(=O)c3ccnc(C)c3)nc12. The summed E-state index contributed by atoms with van der Waals surface area (Å²) in [5.74, 6) is 0.491. The minimum Gasteiger partial charge on any atom is -0.494 e. The van der Waals surface area contributed by atoms with Crippen molar-refractivity contribution in [2.45, 2.75) is 13.8 Å². The summed E-state index contributed by atoms with van der Waals surface area (Å²) in [5.41, 5.74) is 3.21. The molecule has 0 aliphatic carbocycles.